The largest absolute Gasteiger partial charge is 0.360 e. The smallest absolute Gasteiger partial charge is 0.250 e. The molecule has 26 heavy (non-hydrogen) atoms. The van der Waals surface area contributed by atoms with E-state index >= 15 is 0 Å². The minimum atomic E-state index is -0.328. The van der Waals surface area contributed by atoms with Gasteiger partial charge in [-0.2, -0.15) is 0 Å². The van der Waals surface area contributed by atoms with E-state index in [1.54, 1.807) is 6.07 Å². The molecule has 2 bridgehead atoms. The minimum absolute atomic E-state index is 0.102. The zero-order valence-electron chi connectivity index (χ0n) is 15.0. The second-order valence-electron chi connectivity index (χ2n) is 6.79. The van der Waals surface area contributed by atoms with E-state index in [0.29, 0.717) is 25.0 Å². The normalized spacial score (nSPS) is 22.2. The van der Waals surface area contributed by atoms with Gasteiger partial charge in [0.2, 0.25) is 0 Å². The summed E-state index contributed by atoms with van der Waals surface area (Å²) in [5.41, 5.74) is 1.23. The van der Waals surface area contributed by atoms with Gasteiger partial charge in [0, 0.05) is 43.9 Å². The maximum Gasteiger partial charge on any atom is 0.250 e. The van der Waals surface area contributed by atoms with Gasteiger partial charge in [-0.1, -0.05) is 12.0 Å². The first-order chi connectivity index (χ1) is 12.6. The van der Waals surface area contributed by atoms with Crippen LogP contribution in [0.3, 0.4) is 0 Å². The van der Waals surface area contributed by atoms with Gasteiger partial charge in [-0.05, 0) is 37.5 Å². The van der Waals surface area contributed by atoms with Crippen LogP contribution < -0.4 is 10.9 Å². The molecule has 1 saturated heterocycles. The molecule has 0 aromatic carbocycles. The number of terminal acetylenes is 1. The zero-order valence-corrected chi connectivity index (χ0v) is 15.8. The van der Waals surface area contributed by atoms with E-state index in [9.17, 15) is 4.79 Å². The number of pyridine rings is 1. The maximum atomic E-state index is 12.1. The first-order valence-electron chi connectivity index (χ1n) is 8.97. The van der Waals surface area contributed by atoms with Crippen molar-refractivity contribution in [1.29, 1.82) is 0 Å². The van der Waals surface area contributed by atoms with Gasteiger partial charge in [0.1, 0.15) is 6.61 Å². The minimum Gasteiger partial charge on any atom is -0.360 e. The van der Waals surface area contributed by atoms with Crippen molar-refractivity contribution in [3.8, 4) is 12.3 Å². The van der Waals surface area contributed by atoms with Crippen molar-refractivity contribution in [2.24, 2.45) is 5.92 Å². The van der Waals surface area contributed by atoms with Gasteiger partial charge in [-0.25, -0.2) is 0 Å². The van der Waals surface area contributed by atoms with E-state index in [1.807, 2.05) is 17.6 Å². The summed E-state index contributed by atoms with van der Waals surface area (Å²) in [6.45, 7) is 5.67. The van der Waals surface area contributed by atoms with Crippen molar-refractivity contribution in [2.45, 2.75) is 32.1 Å². The molecule has 6 nitrogen and oxygen atoms in total. The van der Waals surface area contributed by atoms with E-state index in [1.165, 1.54) is 0 Å². The summed E-state index contributed by atoms with van der Waals surface area (Å²) >= 11 is 5.56. The Morgan fingerprint density at radius 2 is 2.27 bits per heavy atom. The SMILES string of the molecule is C#CCO[C@H](C)OCCNC(=S)N1C[C@H]2C[C@@H](C1)c1cccc(=O)n1C2. The van der Waals surface area contributed by atoms with Crippen LogP contribution >= 0.6 is 12.2 Å². The first-order valence-corrected chi connectivity index (χ1v) is 9.38. The molecule has 2 aliphatic rings. The highest BCUT2D eigenvalue weighted by Gasteiger charge is 2.35. The topological polar surface area (TPSA) is 55.7 Å². The van der Waals surface area contributed by atoms with Crippen LogP contribution in [0.1, 0.15) is 25.0 Å². The molecule has 1 N–H and O–H groups in total. The molecule has 3 heterocycles. The average Bonchev–Trinajstić information content (AvgIpc) is 2.64. The zero-order chi connectivity index (χ0) is 18.5. The highest BCUT2D eigenvalue weighted by atomic mass is 32.1. The fourth-order valence-electron chi connectivity index (χ4n) is 3.77. The summed E-state index contributed by atoms with van der Waals surface area (Å²) in [6, 6.07) is 5.56. The lowest BCUT2D eigenvalue weighted by atomic mass is 9.83. The quantitative estimate of drug-likeness (QED) is 0.348. The van der Waals surface area contributed by atoms with Crippen LogP contribution in [0.15, 0.2) is 23.0 Å². The second-order valence-corrected chi connectivity index (χ2v) is 7.18. The van der Waals surface area contributed by atoms with E-state index < -0.39 is 0 Å². The van der Waals surface area contributed by atoms with Crippen LogP contribution in [0.4, 0.5) is 0 Å². The molecule has 2 aliphatic heterocycles. The third kappa shape index (κ3) is 4.44. The molecule has 1 aromatic heterocycles. The van der Waals surface area contributed by atoms with Gasteiger partial charge in [0.05, 0.1) is 6.61 Å². The molecule has 140 valence electrons. The molecule has 1 aromatic rings. The van der Waals surface area contributed by atoms with Crippen molar-refractivity contribution in [2.75, 3.05) is 32.8 Å². The molecule has 0 unspecified atom stereocenters. The van der Waals surface area contributed by atoms with Crippen LogP contribution in [0.25, 0.3) is 0 Å². The number of ether oxygens (including phenoxy) is 2. The van der Waals surface area contributed by atoms with Crippen LogP contribution in [-0.2, 0) is 16.0 Å². The third-order valence-corrected chi connectivity index (χ3v) is 5.30. The molecule has 0 aliphatic carbocycles. The van der Waals surface area contributed by atoms with Gasteiger partial charge in [-0.3, -0.25) is 4.79 Å². The van der Waals surface area contributed by atoms with Gasteiger partial charge in [0.25, 0.3) is 5.56 Å². The summed E-state index contributed by atoms with van der Waals surface area (Å²) in [7, 11) is 0. The Kier molecular flexibility index (Phi) is 6.30. The van der Waals surface area contributed by atoms with Crippen LogP contribution in [-0.4, -0.2) is 53.7 Å². The molecule has 3 atom stereocenters. The molecule has 0 spiro atoms. The summed E-state index contributed by atoms with van der Waals surface area (Å²) in [6.07, 6.45) is 5.94. The molecular weight excluding hydrogens is 350 g/mol. The Morgan fingerprint density at radius 1 is 1.42 bits per heavy atom. The van der Waals surface area contributed by atoms with Gasteiger partial charge in [0.15, 0.2) is 11.4 Å². The summed E-state index contributed by atoms with van der Waals surface area (Å²) < 4.78 is 12.7. The fourth-order valence-corrected chi connectivity index (χ4v) is 4.02. The molecule has 1 fully saturated rings. The Hall–Kier alpha value is -1.88. The molecule has 0 amide bonds. The highest BCUT2D eigenvalue weighted by molar-refractivity contribution is 7.80. The molecular formula is C19H25N3O3S. The standard InChI is InChI=1S/C19H25N3O3S/c1-3-8-24-14(2)25-9-7-20-19(26)21-11-15-10-16(13-21)17-5-4-6-18(23)22(17)12-15/h1,4-6,14-16H,7-13H2,2H3,(H,20,26)/t14-,15+,16-/m0/s1. The highest BCUT2D eigenvalue weighted by Crippen LogP contribution is 2.34. The van der Waals surface area contributed by atoms with Crippen molar-refractivity contribution < 1.29 is 9.47 Å². The number of hydrogen-bond donors (Lipinski definition) is 1. The summed E-state index contributed by atoms with van der Waals surface area (Å²) in [4.78, 5) is 14.3. The summed E-state index contributed by atoms with van der Waals surface area (Å²) in [5, 5.41) is 4.00. The van der Waals surface area contributed by atoms with E-state index in [4.69, 9.17) is 28.1 Å². The number of rotatable bonds is 6. The van der Waals surface area contributed by atoms with Crippen molar-refractivity contribution in [1.82, 2.24) is 14.8 Å². The Balaban J connectivity index is 1.49. The van der Waals surface area contributed by atoms with Crippen molar-refractivity contribution in [3.05, 3.63) is 34.2 Å². The number of nitrogens with zero attached hydrogens (tertiary/aromatic N) is 2. The number of thiocarbonyl (C=S) groups is 1. The van der Waals surface area contributed by atoms with E-state index in [0.717, 1.165) is 36.9 Å². The first kappa shape index (κ1) is 18.9. The molecule has 3 rings (SSSR count). The van der Waals surface area contributed by atoms with Crippen LogP contribution in [0.5, 0.6) is 0 Å². The van der Waals surface area contributed by atoms with Crippen molar-refractivity contribution >= 4 is 17.3 Å². The molecule has 7 heteroatoms. The average molecular weight is 375 g/mol. The number of piperidine rings is 1. The van der Waals surface area contributed by atoms with Gasteiger partial charge in [-0.15, -0.1) is 6.42 Å². The lowest BCUT2D eigenvalue weighted by Gasteiger charge is -2.43. The monoisotopic (exact) mass is 375 g/mol. The van der Waals surface area contributed by atoms with E-state index in [2.05, 4.69) is 22.2 Å². The Labute approximate surface area is 159 Å². The molecule has 0 radical (unpaired) electrons. The fraction of sp³-hybridized carbons (Fsp3) is 0.579. The van der Waals surface area contributed by atoms with E-state index in [-0.39, 0.29) is 18.5 Å². The van der Waals surface area contributed by atoms with Gasteiger partial charge < -0.3 is 24.3 Å². The predicted octanol–water partition coefficient (Wildman–Crippen LogP) is 1.15. The lowest BCUT2D eigenvalue weighted by molar-refractivity contribution is -0.119. The Bertz CT molecular complexity index is 742. The number of fused-ring (bicyclic) bond motifs is 4. The van der Waals surface area contributed by atoms with Crippen LogP contribution in [0, 0.1) is 18.3 Å². The lowest BCUT2D eigenvalue weighted by Crippen LogP contribution is -2.52. The third-order valence-electron chi connectivity index (χ3n) is 4.90. The Morgan fingerprint density at radius 3 is 3.08 bits per heavy atom. The molecule has 0 saturated carbocycles. The van der Waals surface area contributed by atoms with Gasteiger partial charge >= 0.3 is 0 Å². The summed E-state index contributed by atoms with van der Waals surface area (Å²) in [5.74, 6) is 3.22. The van der Waals surface area contributed by atoms with Crippen LogP contribution in [0.2, 0.25) is 0 Å². The number of likely N-dealkylation sites (tertiary alicyclic amines) is 1. The second kappa shape index (κ2) is 8.67. The number of hydrogen-bond acceptors (Lipinski definition) is 4. The number of aromatic nitrogens is 1. The maximum absolute atomic E-state index is 12.1. The van der Waals surface area contributed by atoms with Crippen molar-refractivity contribution in [3.63, 3.8) is 0 Å². The predicted molar refractivity (Wildman–Crippen MR) is 104 cm³/mol. The number of nitrogens with one attached hydrogen (secondary N) is 1.